The number of aryl methyl sites for hydroxylation is 1. The molecule has 0 bridgehead atoms. The SMILES string of the molecule is Cc1cn(-c2nnc(C3C(=O)c4ccccc4C3=O)nn2)cn1. The predicted octanol–water partition coefficient (Wildman–Crippen LogP) is 0.924. The first-order chi connectivity index (χ1) is 11.1. The number of hydrogen-bond acceptors (Lipinski definition) is 7. The number of benzene rings is 1. The fourth-order valence-corrected chi connectivity index (χ4v) is 2.56. The van der Waals surface area contributed by atoms with Crippen LogP contribution in [0.25, 0.3) is 5.95 Å². The van der Waals surface area contributed by atoms with Gasteiger partial charge < -0.3 is 0 Å². The van der Waals surface area contributed by atoms with Crippen molar-refractivity contribution in [1.82, 2.24) is 29.9 Å². The molecule has 0 amide bonds. The van der Waals surface area contributed by atoms with Crippen LogP contribution in [-0.4, -0.2) is 41.5 Å². The average Bonchev–Trinajstić information content (AvgIpc) is 3.11. The number of Topliss-reactive ketones (excluding diaryl/α,β-unsaturated/α-hetero) is 2. The molecule has 1 aliphatic carbocycles. The highest BCUT2D eigenvalue weighted by Crippen LogP contribution is 2.31. The molecule has 0 fully saturated rings. The summed E-state index contributed by atoms with van der Waals surface area (Å²) in [6.07, 6.45) is 3.26. The second-order valence-electron chi connectivity index (χ2n) is 5.19. The molecule has 1 aromatic carbocycles. The number of aromatic nitrogens is 6. The van der Waals surface area contributed by atoms with Crippen LogP contribution in [-0.2, 0) is 0 Å². The summed E-state index contributed by atoms with van der Waals surface area (Å²) in [6, 6.07) is 6.68. The highest BCUT2D eigenvalue weighted by atomic mass is 16.2. The minimum absolute atomic E-state index is 0.0109. The fraction of sp³-hybridized carbons (Fsp3) is 0.133. The van der Waals surface area contributed by atoms with Crippen molar-refractivity contribution in [2.75, 3.05) is 0 Å². The first-order valence-corrected chi connectivity index (χ1v) is 6.91. The predicted molar refractivity (Wildman–Crippen MR) is 77.3 cm³/mol. The van der Waals surface area contributed by atoms with Gasteiger partial charge in [0.1, 0.15) is 12.2 Å². The van der Waals surface area contributed by atoms with E-state index in [-0.39, 0.29) is 23.3 Å². The van der Waals surface area contributed by atoms with Crippen molar-refractivity contribution in [3.05, 3.63) is 59.4 Å². The molecule has 8 nitrogen and oxygen atoms in total. The van der Waals surface area contributed by atoms with Crippen LogP contribution >= 0.6 is 0 Å². The molecule has 0 N–H and O–H groups in total. The Morgan fingerprint density at radius 2 is 1.57 bits per heavy atom. The lowest BCUT2D eigenvalue weighted by molar-refractivity contribution is 0.0884. The molecule has 2 aromatic heterocycles. The molecular formula is C15H10N6O2. The Bertz CT molecular complexity index is 896. The quantitative estimate of drug-likeness (QED) is 0.648. The molecule has 4 rings (SSSR count). The van der Waals surface area contributed by atoms with Crippen LogP contribution in [0.2, 0.25) is 0 Å². The van der Waals surface area contributed by atoms with E-state index in [1.54, 1.807) is 35.0 Å². The summed E-state index contributed by atoms with van der Waals surface area (Å²) in [7, 11) is 0. The highest BCUT2D eigenvalue weighted by Gasteiger charge is 2.41. The maximum Gasteiger partial charge on any atom is 0.274 e. The molecule has 0 saturated heterocycles. The Hall–Kier alpha value is -3.29. The Morgan fingerprint density at radius 1 is 0.957 bits per heavy atom. The maximum atomic E-state index is 12.4. The summed E-state index contributed by atoms with van der Waals surface area (Å²) in [4.78, 5) is 28.9. The summed E-state index contributed by atoms with van der Waals surface area (Å²) in [5.74, 6) is -1.46. The Kier molecular flexibility index (Phi) is 2.83. The lowest BCUT2D eigenvalue weighted by Crippen LogP contribution is -2.18. The van der Waals surface area contributed by atoms with Gasteiger partial charge in [-0.3, -0.25) is 14.2 Å². The van der Waals surface area contributed by atoms with E-state index in [9.17, 15) is 9.59 Å². The Labute approximate surface area is 130 Å². The summed E-state index contributed by atoms with van der Waals surface area (Å²) < 4.78 is 1.56. The molecule has 0 spiro atoms. The van der Waals surface area contributed by atoms with E-state index in [4.69, 9.17) is 0 Å². The molecule has 2 heterocycles. The molecule has 23 heavy (non-hydrogen) atoms. The standard InChI is InChI=1S/C15H10N6O2/c1-8-6-21(7-16-8)15-19-17-14(18-20-15)11-12(22)9-4-2-3-5-10(9)13(11)23/h2-7,11H,1H3. The van der Waals surface area contributed by atoms with Gasteiger partial charge in [0, 0.05) is 17.3 Å². The number of carbonyl (C=O) groups excluding carboxylic acids is 2. The number of carbonyl (C=O) groups is 2. The average molecular weight is 306 g/mol. The van der Waals surface area contributed by atoms with Crippen molar-refractivity contribution in [1.29, 1.82) is 0 Å². The third-order valence-corrected chi connectivity index (χ3v) is 3.67. The third-order valence-electron chi connectivity index (χ3n) is 3.67. The molecular weight excluding hydrogens is 296 g/mol. The molecule has 3 aromatic rings. The fourth-order valence-electron chi connectivity index (χ4n) is 2.56. The first kappa shape index (κ1) is 13.4. The van der Waals surface area contributed by atoms with Gasteiger partial charge in [-0.25, -0.2) is 4.98 Å². The molecule has 0 atom stereocenters. The van der Waals surface area contributed by atoms with E-state index in [1.165, 1.54) is 6.33 Å². The smallest absolute Gasteiger partial charge is 0.274 e. The lowest BCUT2D eigenvalue weighted by Gasteiger charge is -2.04. The van der Waals surface area contributed by atoms with Crippen molar-refractivity contribution in [3.63, 3.8) is 0 Å². The number of nitrogens with zero attached hydrogens (tertiary/aromatic N) is 6. The summed E-state index contributed by atoms with van der Waals surface area (Å²) in [6.45, 7) is 1.83. The van der Waals surface area contributed by atoms with Gasteiger partial charge in [0.25, 0.3) is 5.95 Å². The van der Waals surface area contributed by atoms with E-state index in [1.807, 2.05) is 6.92 Å². The van der Waals surface area contributed by atoms with Gasteiger partial charge in [0.05, 0.1) is 5.69 Å². The highest BCUT2D eigenvalue weighted by molar-refractivity contribution is 6.29. The van der Waals surface area contributed by atoms with Gasteiger partial charge in [0.2, 0.25) is 0 Å². The van der Waals surface area contributed by atoms with Gasteiger partial charge in [0.15, 0.2) is 17.4 Å². The topological polar surface area (TPSA) is 104 Å². The van der Waals surface area contributed by atoms with Crippen LogP contribution in [0.1, 0.15) is 38.2 Å². The molecule has 8 heteroatoms. The van der Waals surface area contributed by atoms with Crippen molar-refractivity contribution >= 4 is 11.6 Å². The monoisotopic (exact) mass is 306 g/mol. The molecule has 0 unspecified atom stereocenters. The zero-order chi connectivity index (χ0) is 16.0. The van der Waals surface area contributed by atoms with E-state index >= 15 is 0 Å². The number of ketones is 2. The van der Waals surface area contributed by atoms with Crippen LogP contribution in [0.15, 0.2) is 36.8 Å². The number of hydrogen-bond donors (Lipinski definition) is 0. The van der Waals surface area contributed by atoms with Crippen molar-refractivity contribution in [2.45, 2.75) is 12.8 Å². The van der Waals surface area contributed by atoms with Gasteiger partial charge in [-0.15, -0.1) is 20.4 Å². The van der Waals surface area contributed by atoms with Crippen molar-refractivity contribution < 1.29 is 9.59 Å². The lowest BCUT2D eigenvalue weighted by atomic mass is 10.0. The molecule has 112 valence electrons. The molecule has 0 aliphatic heterocycles. The van der Waals surface area contributed by atoms with Gasteiger partial charge in [-0.1, -0.05) is 24.3 Å². The second-order valence-corrected chi connectivity index (χ2v) is 5.19. The Morgan fingerprint density at radius 3 is 2.09 bits per heavy atom. The first-order valence-electron chi connectivity index (χ1n) is 6.91. The van der Waals surface area contributed by atoms with Crippen LogP contribution in [0.5, 0.6) is 0 Å². The molecule has 1 aliphatic rings. The summed E-state index contributed by atoms with van der Waals surface area (Å²) in [5.41, 5.74) is 1.58. The third kappa shape index (κ3) is 2.03. The van der Waals surface area contributed by atoms with Crippen LogP contribution in [0.3, 0.4) is 0 Å². The van der Waals surface area contributed by atoms with Crippen LogP contribution in [0.4, 0.5) is 0 Å². The number of imidazole rings is 1. The zero-order valence-corrected chi connectivity index (χ0v) is 12.0. The summed E-state index contributed by atoms with van der Waals surface area (Å²) in [5, 5.41) is 15.7. The Balaban J connectivity index is 1.70. The maximum absolute atomic E-state index is 12.4. The normalized spacial score (nSPS) is 14.3. The zero-order valence-electron chi connectivity index (χ0n) is 12.0. The van der Waals surface area contributed by atoms with E-state index in [2.05, 4.69) is 25.4 Å². The van der Waals surface area contributed by atoms with Gasteiger partial charge >= 0.3 is 0 Å². The molecule has 0 saturated carbocycles. The summed E-state index contributed by atoms with van der Waals surface area (Å²) >= 11 is 0. The van der Waals surface area contributed by atoms with E-state index in [0.717, 1.165) is 5.69 Å². The minimum Gasteiger partial charge on any atom is -0.293 e. The number of fused-ring (bicyclic) bond motifs is 1. The molecule has 0 radical (unpaired) electrons. The van der Waals surface area contributed by atoms with Crippen LogP contribution in [0, 0.1) is 6.92 Å². The minimum atomic E-state index is -1.06. The van der Waals surface area contributed by atoms with E-state index < -0.39 is 5.92 Å². The number of rotatable bonds is 2. The van der Waals surface area contributed by atoms with Crippen LogP contribution < -0.4 is 0 Å². The largest absolute Gasteiger partial charge is 0.293 e. The van der Waals surface area contributed by atoms with Crippen molar-refractivity contribution in [3.8, 4) is 5.95 Å². The van der Waals surface area contributed by atoms with E-state index in [0.29, 0.717) is 11.1 Å². The van der Waals surface area contributed by atoms with Gasteiger partial charge in [-0.2, -0.15) is 0 Å². The second kappa shape index (κ2) is 4.87. The van der Waals surface area contributed by atoms with Gasteiger partial charge in [-0.05, 0) is 6.92 Å². The van der Waals surface area contributed by atoms with Crippen molar-refractivity contribution in [2.24, 2.45) is 0 Å².